The highest BCUT2D eigenvalue weighted by atomic mass is 32.1. The van der Waals surface area contributed by atoms with Gasteiger partial charge in [-0.25, -0.2) is 0 Å². The number of hydrogen-bond acceptors (Lipinski definition) is 2. The van der Waals surface area contributed by atoms with Gasteiger partial charge in [-0.3, -0.25) is 0 Å². The Morgan fingerprint density at radius 1 is 1.06 bits per heavy atom. The van der Waals surface area contributed by atoms with E-state index in [1.807, 2.05) is 18.4 Å². The van der Waals surface area contributed by atoms with Crippen LogP contribution < -0.4 is 5.32 Å². The highest BCUT2D eigenvalue weighted by Crippen LogP contribution is 2.27. The summed E-state index contributed by atoms with van der Waals surface area (Å²) >= 11 is 1.82. The largest absolute Gasteiger partial charge is 0.315 e. The van der Waals surface area contributed by atoms with E-state index in [1.54, 1.807) is 0 Å². The first-order valence-electron chi connectivity index (χ1n) is 5.50. The molecule has 2 heteroatoms. The molecule has 0 aliphatic heterocycles. The van der Waals surface area contributed by atoms with Crippen molar-refractivity contribution in [3.05, 3.63) is 45.6 Å². The summed E-state index contributed by atoms with van der Waals surface area (Å²) < 4.78 is 0. The van der Waals surface area contributed by atoms with E-state index in [-0.39, 0.29) is 0 Å². The van der Waals surface area contributed by atoms with Gasteiger partial charge in [0.05, 0.1) is 0 Å². The number of aryl methyl sites for hydroxylation is 2. The summed E-state index contributed by atoms with van der Waals surface area (Å²) in [5.41, 5.74) is 5.37. The van der Waals surface area contributed by atoms with Gasteiger partial charge in [0.15, 0.2) is 0 Å². The van der Waals surface area contributed by atoms with Gasteiger partial charge in [0.1, 0.15) is 0 Å². The molecule has 1 N–H and O–H groups in total. The zero-order valence-electron chi connectivity index (χ0n) is 10.0. The minimum absolute atomic E-state index is 0.954. The molecule has 0 spiro atoms. The van der Waals surface area contributed by atoms with Crippen molar-refractivity contribution in [2.45, 2.75) is 20.4 Å². The normalized spacial score (nSPS) is 10.7. The number of nitrogens with one attached hydrogen (secondary N) is 1. The summed E-state index contributed by atoms with van der Waals surface area (Å²) in [5.74, 6) is 0. The SMILES string of the molecule is CNCc1cc(-c2ccc(C)c(C)c2)cs1. The van der Waals surface area contributed by atoms with E-state index in [1.165, 1.54) is 27.1 Å². The lowest BCUT2D eigenvalue weighted by Crippen LogP contribution is -2.02. The van der Waals surface area contributed by atoms with Crippen LogP contribution in [0, 0.1) is 13.8 Å². The Morgan fingerprint density at radius 2 is 1.88 bits per heavy atom. The van der Waals surface area contributed by atoms with Gasteiger partial charge in [-0.15, -0.1) is 11.3 Å². The molecule has 0 fully saturated rings. The lowest BCUT2D eigenvalue weighted by Gasteiger charge is -2.03. The van der Waals surface area contributed by atoms with Crippen molar-refractivity contribution in [2.24, 2.45) is 0 Å². The fourth-order valence-electron chi connectivity index (χ4n) is 1.72. The minimum Gasteiger partial charge on any atom is -0.315 e. The van der Waals surface area contributed by atoms with Crippen molar-refractivity contribution in [3.8, 4) is 11.1 Å². The van der Waals surface area contributed by atoms with E-state index in [0.29, 0.717) is 0 Å². The Kier molecular flexibility index (Phi) is 3.42. The van der Waals surface area contributed by atoms with Gasteiger partial charge in [0, 0.05) is 11.4 Å². The first-order chi connectivity index (χ1) is 7.70. The van der Waals surface area contributed by atoms with Crippen molar-refractivity contribution in [1.29, 1.82) is 0 Å². The van der Waals surface area contributed by atoms with E-state index in [2.05, 4.69) is 48.8 Å². The minimum atomic E-state index is 0.954. The Morgan fingerprint density at radius 3 is 2.56 bits per heavy atom. The highest BCUT2D eigenvalue weighted by Gasteiger charge is 2.03. The summed E-state index contributed by atoms with van der Waals surface area (Å²) in [6.07, 6.45) is 0. The Labute approximate surface area is 101 Å². The van der Waals surface area contributed by atoms with Gasteiger partial charge in [0.2, 0.25) is 0 Å². The molecule has 1 heterocycles. The molecule has 1 aromatic carbocycles. The number of thiophene rings is 1. The van der Waals surface area contributed by atoms with Crippen LogP contribution in [0.15, 0.2) is 29.6 Å². The molecule has 0 unspecified atom stereocenters. The van der Waals surface area contributed by atoms with Crippen molar-refractivity contribution in [2.75, 3.05) is 7.05 Å². The van der Waals surface area contributed by atoms with Crippen LogP contribution in [0.25, 0.3) is 11.1 Å². The van der Waals surface area contributed by atoms with Crippen molar-refractivity contribution in [3.63, 3.8) is 0 Å². The lowest BCUT2D eigenvalue weighted by molar-refractivity contribution is 0.831. The maximum Gasteiger partial charge on any atom is 0.0296 e. The van der Waals surface area contributed by atoms with Crippen LogP contribution in [0.3, 0.4) is 0 Å². The summed E-state index contributed by atoms with van der Waals surface area (Å²) in [7, 11) is 1.98. The molecule has 0 saturated carbocycles. The quantitative estimate of drug-likeness (QED) is 0.848. The second kappa shape index (κ2) is 4.81. The van der Waals surface area contributed by atoms with Crippen LogP contribution in [0.5, 0.6) is 0 Å². The first-order valence-corrected chi connectivity index (χ1v) is 6.38. The smallest absolute Gasteiger partial charge is 0.0296 e. The standard InChI is InChI=1S/C14H17NS/c1-10-4-5-12(6-11(10)2)13-7-14(8-15-3)16-9-13/h4-7,9,15H,8H2,1-3H3. The van der Waals surface area contributed by atoms with Crippen molar-refractivity contribution < 1.29 is 0 Å². The second-order valence-electron chi connectivity index (χ2n) is 4.13. The lowest BCUT2D eigenvalue weighted by atomic mass is 10.0. The molecule has 1 nitrogen and oxygen atoms in total. The van der Waals surface area contributed by atoms with Gasteiger partial charge >= 0.3 is 0 Å². The fourth-order valence-corrected chi connectivity index (χ4v) is 2.63. The zero-order valence-corrected chi connectivity index (χ0v) is 10.8. The Hall–Kier alpha value is -1.12. The molecule has 0 aliphatic rings. The molecular weight excluding hydrogens is 214 g/mol. The first kappa shape index (κ1) is 11.4. The summed E-state index contributed by atoms with van der Waals surface area (Å²) in [4.78, 5) is 1.38. The molecule has 1 aromatic heterocycles. The van der Waals surface area contributed by atoms with Crippen LogP contribution in [0.1, 0.15) is 16.0 Å². The summed E-state index contributed by atoms with van der Waals surface area (Å²) in [5, 5.41) is 5.41. The van der Waals surface area contributed by atoms with Crippen molar-refractivity contribution >= 4 is 11.3 Å². The molecule has 0 bridgehead atoms. The monoisotopic (exact) mass is 231 g/mol. The number of benzene rings is 1. The fraction of sp³-hybridized carbons (Fsp3) is 0.286. The summed E-state index contributed by atoms with van der Waals surface area (Å²) in [6.45, 7) is 5.27. The molecule has 2 rings (SSSR count). The molecule has 2 aromatic rings. The Balaban J connectivity index is 2.31. The van der Waals surface area contributed by atoms with E-state index >= 15 is 0 Å². The van der Waals surface area contributed by atoms with E-state index in [4.69, 9.17) is 0 Å². The van der Waals surface area contributed by atoms with E-state index in [9.17, 15) is 0 Å². The maximum atomic E-state index is 3.18. The molecule has 0 atom stereocenters. The van der Waals surface area contributed by atoms with Gasteiger partial charge in [-0.05, 0) is 54.6 Å². The maximum absolute atomic E-state index is 3.18. The van der Waals surface area contributed by atoms with E-state index in [0.717, 1.165) is 6.54 Å². The second-order valence-corrected chi connectivity index (χ2v) is 5.13. The van der Waals surface area contributed by atoms with Gasteiger partial charge < -0.3 is 5.32 Å². The summed E-state index contributed by atoms with van der Waals surface area (Å²) in [6, 6.07) is 8.93. The van der Waals surface area contributed by atoms with Gasteiger partial charge in [-0.1, -0.05) is 18.2 Å². The molecule has 0 amide bonds. The van der Waals surface area contributed by atoms with Crippen LogP contribution in [0.4, 0.5) is 0 Å². The average molecular weight is 231 g/mol. The predicted molar refractivity (Wildman–Crippen MR) is 72.0 cm³/mol. The van der Waals surface area contributed by atoms with Crippen LogP contribution in [-0.4, -0.2) is 7.05 Å². The van der Waals surface area contributed by atoms with Crippen LogP contribution in [-0.2, 0) is 6.54 Å². The van der Waals surface area contributed by atoms with Crippen LogP contribution >= 0.6 is 11.3 Å². The third-order valence-corrected chi connectivity index (χ3v) is 3.78. The molecule has 0 aliphatic carbocycles. The Bertz CT molecular complexity index is 485. The molecule has 0 saturated heterocycles. The predicted octanol–water partition coefficient (Wildman–Crippen LogP) is 3.75. The average Bonchev–Trinajstić information content (AvgIpc) is 2.71. The molecule has 16 heavy (non-hydrogen) atoms. The molecule has 0 radical (unpaired) electrons. The molecular formula is C14H17NS. The third-order valence-electron chi connectivity index (χ3n) is 2.85. The highest BCUT2D eigenvalue weighted by molar-refractivity contribution is 7.10. The third kappa shape index (κ3) is 2.34. The molecule has 84 valence electrons. The van der Waals surface area contributed by atoms with Gasteiger partial charge in [-0.2, -0.15) is 0 Å². The van der Waals surface area contributed by atoms with Crippen LogP contribution in [0.2, 0.25) is 0 Å². The zero-order chi connectivity index (χ0) is 11.5. The van der Waals surface area contributed by atoms with E-state index < -0.39 is 0 Å². The number of hydrogen-bond donors (Lipinski definition) is 1. The topological polar surface area (TPSA) is 12.0 Å². The van der Waals surface area contributed by atoms with Gasteiger partial charge in [0.25, 0.3) is 0 Å². The van der Waals surface area contributed by atoms with Crippen molar-refractivity contribution in [1.82, 2.24) is 5.32 Å². The number of rotatable bonds is 3.